The van der Waals surface area contributed by atoms with Gasteiger partial charge >= 0.3 is 138 Å². The summed E-state index contributed by atoms with van der Waals surface area (Å²) < 4.78 is 0. The Labute approximate surface area is 323 Å². The van der Waals surface area contributed by atoms with Crippen LogP contribution in [0.3, 0.4) is 0 Å². The number of aliphatic hydroxyl groups is 4. The molecule has 0 aromatic rings. The molecule has 0 rings (SSSR count). The number of carbonyl (C=O) groups is 4. The Hall–Kier alpha value is 2.31. The van der Waals surface area contributed by atoms with Gasteiger partial charge in [0.15, 0.2) is 0 Å². The van der Waals surface area contributed by atoms with Gasteiger partial charge in [0.25, 0.3) is 0 Å². The molecule has 0 spiro atoms. The summed E-state index contributed by atoms with van der Waals surface area (Å²) in [6.45, 7) is -1.62. The Kier molecular flexibility index (Phi) is 89.9. The minimum atomic E-state index is -1.13. The standard InChI is InChI=1S/C5H12O4.4C2H4O2S.12CH3.4Sn/c6-1-5(2-7,3-8)4-9;4*3-2(4)1-5;;;;;;;;;;;;;;;;/h6-9H,1-4H2;4*5H,1H2,(H,3,4);12*1H3;;;;/q;;;;;;;;;;;;;;;;;4*+1/p-4. The van der Waals surface area contributed by atoms with Gasteiger partial charge in [0.2, 0.25) is 0 Å². The zero-order valence-corrected chi connectivity index (χ0v) is 44.0. The van der Waals surface area contributed by atoms with Gasteiger partial charge in [-0.05, 0) is 0 Å². The van der Waals surface area contributed by atoms with Gasteiger partial charge in [0.1, 0.15) is 0 Å². The summed E-state index contributed by atoms with van der Waals surface area (Å²) in [6.07, 6.45) is 0. The van der Waals surface area contributed by atoms with Crippen molar-refractivity contribution in [1.82, 2.24) is 0 Å². The topological polar surface area (TPSA) is 241 Å². The van der Waals surface area contributed by atoms with Crippen molar-refractivity contribution in [2.75, 3.05) is 49.4 Å². The molecule has 12 nitrogen and oxygen atoms in total. The summed E-state index contributed by atoms with van der Waals surface area (Å²) in [6, 6.07) is 0. The van der Waals surface area contributed by atoms with Crippen molar-refractivity contribution in [2.24, 2.45) is 5.41 Å². The van der Waals surface area contributed by atoms with Crippen LogP contribution in [-0.4, -0.2) is 173 Å². The molecule has 272 valence electrons. The number of rotatable bonds is 8. The predicted molar refractivity (Wildman–Crippen MR) is 200 cm³/mol. The van der Waals surface area contributed by atoms with E-state index in [2.05, 4.69) is 110 Å². The van der Waals surface area contributed by atoms with Gasteiger partial charge in [0, 0.05) is 23.0 Å². The van der Waals surface area contributed by atoms with E-state index in [1.165, 1.54) is 0 Å². The Balaban J connectivity index is -0.0000000471. The Morgan fingerprint density at radius 3 is 0.489 bits per heavy atom. The van der Waals surface area contributed by atoms with Crippen LogP contribution in [0.15, 0.2) is 0 Å². The van der Waals surface area contributed by atoms with Crippen LogP contribution in [0.5, 0.6) is 0 Å². The summed E-state index contributed by atoms with van der Waals surface area (Å²) in [4.78, 5) is 65.1. The second-order valence-electron chi connectivity index (χ2n) is 10.3. The SMILES string of the molecule is O=C([O-])CS.O=C([O-])CS.O=C([O-])CS.O=C([O-])CS.OCC(CO)(CO)CO.[CH3][Sn+]([CH3])[CH3].[CH3][Sn+]([CH3])[CH3].[CH3][Sn+]([CH3])[CH3].[CH3][Sn+]([CH3])[CH3]. The van der Waals surface area contributed by atoms with E-state index in [1.54, 1.807) is 0 Å². The van der Waals surface area contributed by atoms with Crippen LogP contribution in [0.4, 0.5) is 0 Å². The van der Waals surface area contributed by atoms with Crippen molar-refractivity contribution in [1.29, 1.82) is 0 Å². The van der Waals surface area contributed by atoms with Crippen LogP contribution in [0.1, 0.15) is 0 Å². The number of carboxylic acid groups (broad SMARTS) is 4. The van der Waals surface area contributed by atoms with Gasteiger partial charge in [-0.25, -0.2) is 0 Å². The van der Waals surface area contributed by atoms with Crippen molar-refractivity contribution >= 4 is 153 Å². The van der Waals surface area contributed by atoms with Crippen molar-refractivity contribution in [3.05, 3.63) is 0 Å². The Morgan fingerprint density at radius 2 is 0.489 bits per heavy atom. The summed E-state index contributed by atoms with van der Waals surface area (Å²) in [5.41, 5.74) is -1.11. The molecule has 0 aromatic heterocycles. The van der Waals surface area contributed by atoms with Gasteiger partial charge in [-0.3, -0.25) is 0 Å². The molecule has 0 fully saturated rings. The second-order valence-corrected chi connectivity index (χ2v) is 45.8. The van der Waals surface area contributed by atoms with Crippen LogP contribution in [-0.2, 0) is 19.2 Å². The number of carboxylic acids is 4. The number of aliphatic carboxylic acids is 4. The van der Waals surface area contributed by atoms with E-state index < -0.39 is 135 Å². The fraction of sp³-hybridized carbons (Fsp3) is 0.840. The third-order valence-electron chi connectivity index (χ3n) is 1.86. The summed E-state index contributed by atoms with van der Waals surface area (Å²) in [5.74, 6) is -5.30. The normalized spacial score (nSPS) is 8.09. The molecule has 0 aliphatic rings. The number of thiol groups is 4. The summed E-state index contributed by atoms with van der Waals surface area (Å²) in [7, 11) is 0. The molecule has 0 aliphatic heterocycles. The molecule has 0 radical (unpaired) electrons. The zero-order chi connectivity index (χ0) is 38.8. The van der Waals surface area contributed by atoms with E-state index in [9.17, 15) is 39.6 Å². The summed E-state index contributed by atoms with van der Waals surface area (Å²) >= 11 is 11.2. The second kappa shape index (κ2) is 58.5. The van der Waals surface area contributed by atoms with Crippen molar-refractivity contribution in [3.63, 3.8) is 0 Å². The summed E-state index contributed by atoms with van der Waals surface area (Å²) in [5, 5.41) is 70.7. The third-order valence-corrected chi connectivity index (χ3v) is 2.89. The van der Waals surface area contributed by atoms with E-state index >= 15 is 0 Å². The van der Waals surface area contributed by atoms with Crippen LogP contribution < -0.4 is 20.4 Å². The number of carbonyl (C=O) groups excluding carboxylic acids is 4. The van der Waals surface area contributed by atoms with Crippen LogP contribution in [0.25, 0.3) is 0 Å². The van der Waals surface area contributed by atoms with Gasteiger partial charge in [-0.1, -0.05) is 0 Å². The first-order chi connectivity index (χ1) is 20.3. The monoisotopic (exact) mass is 1160 g/mol. The number of aliphatic hydroxyl groups excluding tert-OH is 4. The first-order valence-corrected chi connectivity index (χ1v) is 49.8. The fourth-order valence-corrected chi connectivity index (χ4v) is 0.300. The van der Waals surface area contributed by atoms with E-state index in [1.807, 2.05) is 0 Å². The van der Waals surface area contributed by atoms with Crippen molar-refractivity contribution in [2.45, 2.75) is 59.3 Å². The fourth-order valence-electron chi connectivity index (χ4n) is 0.300. The molecule has 0 unspecified atom stereocenters. The molecule has 0 saturated heterocycles. The molecule has 0 aliphatic carbocycles. The van der Waals surface area contributed by atoms with E-state index in [4.69, 9.17) is 20.4 Å². The third kappa shape index (κ3) is 183. The first kappa shape index (κ1) is 69.1. The van der Waals surface area contributed by atoms with Crippen molar-refractivity contribution < 1.29 is 60.0 Å². The molecular weight excluding hydrogens is 1100 g/mol. The predicted octanol–water partition coefficient (Wildman–Crippen LogP) is -1.91. The van der Waals surface area contributed by atoms with Gasteiger partial charge < -0.3 is 60.0 Å². The van der Waals surface area contributed by atoms with Crippen LogP contribution >= 0.6 is 50.5 Å². The zero-order valence-electron chi connectivity index (χ0n) is 29.0. The maximum atomic E-state index is 9.18. The quantitative estimate of drug-likeness (QED) is 0.0982. The Bertz CT molecular complexity index is 498. The van der Waals surface area contributed by atoms with E-state index in [0.29, 0.717) is 0 Å². The van der Waals surface area contributed by atoms with Gasteiger partial charge in [-0.2, -0.15) is 50.5 Å². The molecule has 0 bridgehead atoms. The minimum absolute atomic E-state index is 0.194. The van der Waals surface area contributed by atoms with E-state index in [0.717, 1.165) is 0 Å². The molecule has 20 heteroatoms. The molecular formula is C25H60O12S4Sn4. The molecule has 0 saturated carbocycles. The van der Waals surface area contributed by atoms with Crippen LogP contribution in [0, 0.1) is 5.41 Å². The molecule has 4 N–H and O–H groups in total. The first-order valence-electron chi connectivity index (χ1n) is 13.0. The van der Waals surface area contributed by atoms with Crippen molar-refractivity contribution in [3.8, 4) is 0 Å². The average molecular weight is 1160 g/mol. The molecule has 0 heterocycles. The molecule has 0 atom stereocenters. The molecule has 0 aromatic carbocycles. The Morgan fingerprint density at radius 1 is 0.422 bits per heavy atom. The average Bonchev–Trinajstić information content (AvgIpc) is 2.90. The maximum absolute atomic E-state index is 9.18. The molecule has 45 heavy (non-hydrogen) atoms. The number of hydrogen-bond acceptors (Lipinski definition) is 16. The van der Waals surface area contributed by atoms with E-state index in [-0.39, 0.29) is 23.0 Å². The van der Waals surface area contributed by atoms with Gasteiger partial charge in [-0.15, -0.1) is 0 Å². The van der Waals surface area contributed by atoms with Gasteiger partial charge in [0.05, 0.1) is 55.7 Å². The van der Waals surface area contributed by atoms with Crippen LogP contribution in [0.2, 0.25) is 59.3 Å². The molecule has 0 amide bonds. The number of hydrogen-bond donors (Lipinski definition) is 8.